The maximum absolute atomic E-state index is 13.3. The minimum Gasteiger partial charge on any atom is -0.454 e. The van der Waals surface area contributed by atoms with E-state index in [2.05, 4.69) is 5.32 Å². The number of nitrogens with zero attached hydrogens (tertiary/aromatic N) is 2. The lowest BCUT2D eigenvalue weighted by molar-refractivity contribution is -0.128. The van der Waals surface area contributed by atoms with E-state index in [0.717, 1.165) is 0 Å². The average molecular weight is 458 g/mol. The molecule has 1 saturated heterocycles. The van der Waals surface area contributed by atoms with Gasteiger partial charge in [0.05, 0.1) is 11.5 Å². The van der Waals surface area contributed by atoms with Crippen molar-refractivity contribution in [2.45, 2.75) is 6.92 Å². The van der Waals surface area contributed by atoms with Gasteiger partial charge in [-0.25, -0.2) is 4.79 Å². The van der Waals surface area contributed by atoms with Crippen LogP contribution >= 0.6 is 11.3 Å². The smallest absolute Gasteiger partial charge is 0.409 e. The van der Waals surface area contributed by atoms with Gasteiger partial charge in [-0.05, 0) is 42.1 Å². The van der Waals surface area contributed by atoms with Gasteiger partial charge in [0, 0.05) is 26.2 Å². The maximum atomic E-state index is 13.3. The highest BCUT2D eigenvalue weighted by Crippen LogP contribution is 2.33. The Hall–Kier alpha value is -3.53. The summed E-state index contributed by atoms with van der Waals surface area (Å²) >= 11 is 1.29. The van der Waals surface area contributed by atoms with Crippen molar-refractivity contribution in [3.05, 3.63) is 51.8 Å². The SMILES string of the molecule is CCOC(=O)N1CCN(C(=O)C(=Cc2ccc3c(c2)OCO3)NC(=O)c2cccs2)CC1. The van der Waals surface area contributed by atoms with Gasteiger partial charge >= 0.3 is 6.09 Å². The molecule has 10 heteroatoms. The fourth-order valence-corrected chi connectivity index (χ4v) is 4.01. The third kappa shape index (κ3) is 4.86. The van der Waals surface area contributed by atoms with Gasteiger partial charge in [-0.3, -0.25) is 9.59 Å². The molecule has 0 radical (unpaired) electrons. The molecule has 32 heavy (non-hydrogen) atoms. The fraction of sp³-hybridized carbons (Fsp3) is 0.318. The van der Waals surface area contributed by atoms with Crippen LogP contribution in [0.1, 0.15) is 22.2 Å². The third-order valence-corrected chi connectivity index (χ3v) is 5.89. The van der Waals surface area contributed by atoms with Crippen LogP contribution in [-0.2, 0) is 9.53 Å². The van der Waals surface area contributed by atoms with Crippen LogP contribution in [0.5, 0.6) is 11.5 Å². The predicted molar refractivity (Wildman–Crippen MR) is 118 cm³/mol. The Kier molecular flexibility index (Phi) is 6.60. The van der Waals surface area contributed by atoms with Crippen LogP contribution in [-0.4, -0.2) is 67.3 Å². The van der Waals surface area contributed by atoms with E-state index in [1.54, 1.807) is 58.5 Å². The van der Waals surface area contributed by atoms with E-state index >= 15 is 0 Å². The molecule has 2 aromatic rings. The largest absolute Gasteiger partial charge is 0.454 e. The molecule has 4 rings (SSSR count). The highest BCUT2D eigenvalue weighted by Gasteiger charge is 2.28. The summed E-state index contributed by atoms with van der Waals surface area (Å²) in [5, 5.41) is 4.55. The third-order valence-electron chi connectivity index (χ3n) is 5.02. The summed E-state index contributed by atoms with van der Waals surface area (Å²) in [6, 6.07) is 8.77. The molecular weight excluding hydrogens is 434 g/mol. The standard InChI is InChI=1S/C22H23N3O6S/c1-2-29-22(28)25-9-7-24(8-10-25)21(27)16(23-20(26)19-4-3-11-32-19)12-15-5-6-17-18(13-15)31-14-30-17/h3-6,11-13H,2,7-10,14H2,1H3,(H,23,26). The first-order chi connectivity index (χ1) is 15.5. The van der Waals surface area contributed by atoms with Crippen molar-refractivity contribution in [3.63, 3.8) is 0 Å². The van der Waals surface area contributed by atoms with Crippen molar-refractivity contribution in [2.24, 2.45) is 0 Å². The van der Waals surface area contributed by atoms with Crippen molar-refractivity contribution >= 4 is 35.3 Å². The highest BCUT2D eigenvalue weighted by atomic mass is 32.1. The number of carbonyl (C=O) groups is 3. The fourth-order valence-electron chi connectivity index (χ4n) is 3.39. The van der Waals surface area contributed by atoms with Crippen LogP contribution in [0.3, 0.4) is 0 Å². The van der Waals surface area contributed by atoms with Gasteiger partial charge in [0.1, 0.15) is 5.70 Å². The molecule has 9 nitrogen and oxygen atoms in total. The Morgan fingerprint density at radius 1 is 1.09 bits per heavy atom. The minimum atomic E-state index is -0.387. The lowest BCUT2D eigenvalue weighted by Crippen LogP contribution is -2.52. The summed E-state index contributed by atoms with van der Waals surface area (Å²) in [7, 11) is 0. The Morgan fingerprint density at radius 3 is 2.56 bits per heavy atom. The number of rotatable bonds is 5. The summed E-state index contributed by atoms with van der Waals surface area (Å²) in [5.41, 5.74) is 0.834. The molecule has 1 N–H and O–H groups in total. The monoisotopic (exact) mass is 457 g/mol. The van der Waals surface area contributed by atoms with Gasteiger partial charge in [-0.15, -0.1) is 11.3 Å². The summed E-state index contributed by atoms with van der Waals surface area (Å²) in [4.78, 5) is 41.6. The molecule has 1 aromatic carbocycles. The Bertz CT molecular complexity index is 1030. The van der Waals surface area contributed by atoms with Gasteiger partial charge in [0.15, 0.2) is 11.5 Å². The summed E-state index contributed by atoms with van der Waals surface area (Å²) < 4.78 is 15.8. The van der Waals surface area contributed by atoms with Crippen LogP contribution in [0.25, 0.3) is 6.08 Å². The predicted octanol–water partition coefficient (Wildman–Crippen LogP) is 2.55. The first-order valence-corrected chi connectivity index (χ1v) is 11.1. The number of benzene rings is 1. The summed E-state index contributed by atoms with van der Waals surface area (Å²) in [6.07, 6.45) is 1.23. The van der Waals surface area contributed by atoms with E-state index in [1.165, 1.54) is 11.3 Å². The molecule has 0 bridgehead atoms. The van der Waals surface area contributed by atoms with Gasteiger partial charge in [0.2, 0.25) is 6.79 Å². The zero-order valence-electron chi connectivity index (χ0n) is 17.5. The number of nitrogens with one attached hydrogen (secondary N) is 1. The van der Waals surface area contributed by atoms with Crippen LogP contribution < -0.4 is 14.8 Å². The molecule has 2 aliphatic heterocycles. The molecule has 3 amide bonds. The molecule has 0 spiro atoms. The molecule has 0 unspecified atom stereocenters. The lowest BCUT2D eigenvalue weighted by atomic mass is 10.1. The lowest BCUT2D eigenvalue weighted by Gasteiger charge is -2.34. The molecule has 2 aliphatic rings. The van der Waals surface area contributed by atoms with E-state index in [-0.39, 0.29) is 30.4 Å². The number of fused-ring (bicyclic) bond motifs is 1. The number of hydrogen-bond donors (Lipinski definition) is 1. The van der Waals surface area contributed by atoms with E-state index in [1.807, 2.05) is 0 Å². The molecule has 0 aliphatic carbocycles. The van der Waals surface area contributed by atoms with Gasteiger partial charge < -0.3 is 29.3 Å². The van der Waals surface area contributed by atoms with E-state index in [9.17, 15) is 14.4 Å². The van der Waals surface area contributed by atoms with Crippen molar-refractivity contribution in [1.82, 2.24) is 15.1 Å². The number of amides is 3. The van der Waals surface area contributed by atoms with Crippen molar-refractivity contribution < 1.29 is 28.6 Å². The molecule has 0 atom stereocenters. The summed E-state index contributed by atoms with van der Waals surface area (Å²) in [6.45, 7) is 3.60. The first kappa shape index (κ1) is 21.7. The van der Waals surface area contributed by atoms with Crippen molar-refractivity contribution in [2.75, 3.05) is 39.6 Å². The zero-order valence-corrected chi connectivity index (χ0v) is 18.4. The Morgan fingerprint density at radius 2 is 1.84 bits per heavy atom. The minimum absolute atomic E-state index is 0.145. The second-order valence-electron chi connectivity index (χ2n) is 7.08. The number of carbonyl (C=O) groups excluding carboxylic acids is 3. The normalized spacial score (nSPS) is 15.5. The highest BCUT2D eigenvalue weighted by molar-refractivity contribution is 7.12. The van der Waals surface area contributed by atoms with Gasteiger partial charge in [-0.1, -0.05) is 12.1 Å². The number of thiophene rings is 1. The van der Waals surface area contributed by atoms with Crippen LogP contribution in [0.15, 0.2) is 41.4 Å². The zero-order chi connectivity index (χ0) is 22.5. The van der Waals surface area contributed by atoms with Crippen LogP contribution in [0.2, 0.25) is 0 Å². The molecule has 0 saturated carbocycles. The maximum Gasteiger partial charge on any atom is 0.409 e. The molecule has 1 fully saturated rings. The average Bonchev–Trinajstić information content (AvgIpc) is 3.50. The topological polar surface area (TPSA) is 97.4 Å². The Labute approximate surface area is 189 Å². The molecule has 1 aromatic heterocycles. The molecule has 168 valence electrons. The quantitative estimate of drug-likeness (QED) is 0.693. The van der Waals surface area contributed by atoms with Crippen molar-refractivity contribution in [3.8, 4) is 11.5 Å². The second kappa shape index (κ2) is 9.73. The van der Waals surface area contributed by atoms with E-state index in [4.69, 9.17) is 14.2 Å². The molecular formula is C22H23N3O6S. The van der Waals surface area contributed by atoms with Gasteiger partial charge in [0.25, 0.3) is 11.8 Å². The van der Waals surface area contributed by atoms with Gasteiger partial charge in [-0.2, -0.15) is 0 Å². The number of piperazine rings is 1. The molecule has 3 heterocycles. The second-order valence-corrected chi connectivity index (χ2v) is 8.03. The number of hydrogen-bond acceptors (Lipinski definition) is 7. The first-order valence-electron chi connectivity index (χ1n) is 10.2. The van der Waals surface area contributed by atoms with Crippen LogP contribution in [0.4, 0.5) is 4.79 Å². The Balaban J connectivity index is 1.53. The van der Waals surface area contributed by atoms with Crippen molar-refractivity contribution in [1.29, 1.82) is 0 Å². The van der Waals surface area contributed by atoms with Crippen LogP contribution in [0, 0.1) is 0 Å². The summed E-state index contributed by atoms with van der Waals surface area (Å²) in [5.74, 6) is 0.535. The number of ether oxygens (including phenoxy) is 3. The van der Waals surface area contributed by atoms with E-state index < -0.39 is 0 Å². The van der Waals surface area contributed by atoms with E-state index in [0.29, 0.717) is 54.7 Å².